The Bertz CT molecular complexity index is 1190. The number of ether oxygens (including phenoxy) is 2. The third kappa shape index (κ3) is 4.90. The van der Waals surface area contributed by atoms with E-state index in [4.69, 9.17) is 9.47 Å². The maximum Gasteiger partial charge on any atom is 0.312 e. The van der Waals surface area contributed by atoms with Gasteiger partial charge in [0.15, 0.2) is 0 Å². The molecular formula is C23H22N2O6S. The molecule has 32 heavy (non-hydrogen) atoms. The van der Waals surface area contributed by atoms with Gasteiger partial charge in [-0.25, -0.2) is 8.42 Å². The van der Waals surface area contributed by atoms with Crippen LogP contribution in [-0.4, -0.2) is 30.7 Å². The fourth-order valence-corrected chi connectivity index (χ4v) is 5.01. The molecule has 0 radical (unpaired) electrons. The Labute approximate surface area is 186 Å². The van der Waals surface area contributed by atoms with E-state index in [1.54, 1.807) is 24.3 Å². The number of rotatable bonds is 7. The Hall–Kier alpha value is -3.43. The van der Waals surface area contributed by atoms with Crippen molar-refractivity contribution in [2.45, 2.75) is 24.2 Å². The van der Waals surface area contributed by atoms with Gasteiger partial charge >= 0.3 is 5.69 Å². The van der Waals surface area contributed by atoms with Crippen molar-refractivity contribution >= 4 is 15.7 Å². The van der Waals surface area contributed by atoms with Crippen molar-refractivity contribution in [3.05, 3.63) is 82.9 Å². The minimum absolute atomic E-state index is 0.0377. The molecule has 1 heterocycles. The van der Waals surface area contributed by atoms with Gasteiger partial charge in [-0.2, -0.15) is 4.31 Å². The van der Waals surface area contributed by atoms with Crippen LogP contribution in [0.4, 0.5) is 5.69 Å². The zero-order chi connectivity index (χ0) is 22.6. The predicted molar refractivity (Wildman–Crippen MR) is 119 cm³/mol. The Morgan fingerprint density at radius 2 is 1.38 bits per heavy atom. The van der Waals surface area contributed by atoms with Gasteiger partial charge in [-0.05, 0) is 61.4 Å². The summed E-state index contributed by atoms with van der Waals surface area (Å²) in [6, 6.07) is 19.6. The molecule has 1 aliphatic heterocycles. The first kappa shape index (κ1) is 21.8. The first-order valence-electron chi connectivity index (χ1n) is 10.2. The number of piperidine rings is 1. The zero-order valence-electron chi connectivity index (χ0n) is 17.2. The molecule has 3 aromatic rings. The van der Waals surface area contributed by atoms with Crippen LogP contribution in [0.25, 0.3) is 0 Å². The van der Waals surface area contributed by atoms with Crippen LogP contribution in [0.5, 0.6) is 23.0 Å². The average molecular weight is 455 g/mol. The lowest BCUT2D eigenvalue weighted by Gasteiger charge is -2.25. The predicted octanol–water partition coefficient (Wildman–Crippen LogP) is 5.35. The van der Waals surface area contributed by atoms with Crippen molar-refractivity contribution in [2.24, 2.45) is 0 Å². The second-order valence-electron chi connectivity index (χ2n) is 7.34. The molecule has 0 aromatic heterocycles. The van der Waals surface area contributed by atoms with Crippen LogP contribution in [0.3, 0.4) is 0 Å². The smallest absolute Gasteiger partial charge is 0.312 e. The highest BCUT2D eigenvalue weighted by Gasteiger charge is 2.29. The van der Waals surface area contributed by atoms with Crippen LogP contribution in [0.1, 0.15) is 19.3 Å². The molecule has 0 unspecified atom stereocenters. The van der Waals surface area contributed by atoms with E-state index in [2.05, 4.69) is 0 Å². The standard InChI is InChI=1S/C23H22N2O6S/c26-25(27)22-17-21(32(28,29)24-15-5-2-6-16-24)13-14-23(22)31-20-11-9-19(10-12-20)30-18-7-3-1-4-8-18/h1,3-4,7-14,17H,2,5-6,15-16H2. The summed E-state index contributed by atoms with van der Waals surface area (Å²) in [5.41, 5.74) is -0.410. The first-order chi connectivity index (χ1) is 15.4. The number of nitro groups is 1. The summed E-state index contributed by atoms with van der Waals surface area (Å²) in [5.74, 6) is 1.59. The first-order valence-corrected chi connectivity index (χ1v) is 11.7. The Morgan fingerprint density at radius 3 is 2.00 bits per heavy atom. The summed E-state index contributed by atoms with van der Waals surface area (Å²) in [4.78, 5) is 10.9. The lowest BCUT2D eigenvalue weighted by Crippen LogP contribution is -2.35. The van der Waals surface area contributed by atoms with Crippen molar-refractivity contribution < 1.29 is 22.8 Å². The molecule has 0 atom stereocenters. The second kappa shape index (κ2) is 9.37. The van der Waals surface area contributed by atoms with E-state index in [0.717, 1.165) is 25.3 Å². The third-order valence-corrected chi connectivity index (χ3v) is 7.00. The van der Waals surface area contributed by atoms with Crippen molar-refractivity contribution in [2.75, 3.05) is 13.1 Å². The van der Waals surface area contributed by atoms with Crippen molar-refractivity contribution in [1.82, 2.24) is 4.31 Å². The van der Waals surface area contributed by atoms with Crippen molar-refractivity contribution in [1.29, 1.82) is 0 Å². The van der Waals surface area contributed by atoms with Crippen LogP contribution in [0.15, 0.2) is 77.7 Å². The molecule has 0 N–H and O–H groups in total. The maximum absolute atomic E-state index is 12.9. The van der Waals surface area contributed by atoms with E-state index in [0.29, 0.717) is 30.3 Å². The number of benzene rings is 3. The highest BCUT2D eigenvalue weighted by atomic mass is 32.2. The quantitative estimate of drug-likeness (QED) is 0.352. The van der Waals surface area contributed by atoms with Crippen LogP contribution < -0.4 is 9.47 Å². The largest absolute Gasteiger partial charge is 0.457 e. The molecule has 0 spiro atoms. The van der Waals surface area contributed by atoms with Gasteiger partial charge in [-0.15, -0.1) is 0 Å². The van der Waals surface area contributed by atoms with Gasteiger partial charge in [0.1, 0.15) is 17.2 Å². The Kier molecular flexibility index (Phi) is 6.38. The second-order valence-corrected chi connectivity index (χ2v) is 9.28. The molecule has 1 fully saturated rings. The molecule has 3 aromatic carbocycles. The summed E-state index contributed by atoms with van der Waals surface area (Å²) < 4.78 is 38.5. The molecule has 0 bridgehead atoms. The summed E-state index contributed by atoms with van der Waals surface area (Å²) >= 11 is 0. The lowest BCUT2D eigenvalue weighted by atomic mass is 10.2. The van der Waals surface area contributed by atoms with Crippen molar-refractivity contribution in [3.63, 3.8) is 0 Å². The van der Waals surface area contributed by atoms with Gasteiger partial charge in [0.25, 0.3) is 0 Å². The summed E-state index contributed by atoms with van der Waals surface area (Å²) in [5, 5.41) is 11.6. The minimum atomic E-state index is -3.79. The molecular weight excluding hydrogens is 432 g/mol. The number of sulfonamides is 1. The number of nitro benzene ring substituents is 1. The molecule has 0 aliphatic carbocycles. The topological polar surface area (TPSA) is 99.0 Å². The molecule has 166 valence electrons. The van der Waals surface area contributed by atoms with Gasteiger partial charge in [0.2, 0.25) is 15.8 Å². The lowest BCUT2D eigenvalue weighted by molar-refractivity contribution is -0.385. The number of para-hydroxylation sites is 1. The highest BCUT2D eigenvalue weighted by molar-refractivity contribution is 7.89. The SMILES string of the molecule is O=[N+]([O-])c1cc(S(=O)(=O)N2CCCCC2)ccc1Oc1ccc(Oc2ccccc2)cc1. The van der Waals surface area contributed by atoms with E-state index in [-0.39, 0.29) is 10.6 Å². The summed E-state index contributed by atoms with van der Waals surface area (Å²) in [6.07, 6.45) is 2.55. The molecule has 4 rings (SSSR count). The number of hydrogen-bond acceptors (Lipinski definition) is 6. The third-order valence-electron chi connectivity index (χ3n) is 5.11. The zero-order valence-corrected chi connectivity index (χ0v) is 18.0. The van der Waals surface area contributed by atoms with Gasteiger partial charge in [0, 0.05) is 19.2 Å². The van der Waals surface area contributed by atoms with Crippen molar-refractivity contribution in [3.8, 4) is 23.0 Å². The van der Waals surface area contributed by atoms with Crippen LogP contribution in [-0.2, 0) is 10.0 Å². The van der Waals surface area contributed by atoms with E-state index in [1.165, 1.54) is 16.4 Å². The molecule has 9 heteroatoms. The van der Waals surface area contributed by atoms with E-state index in [1.807, 2.05) is 30.3 Å². The number of nitrogens with zero attached hydrogens (tertiary/aromatic N) is 2. The Morgan fingerprint density at radius 1 is 0.781 bits per heavy atom. The fraction of sp³-hybridized carbons (Fsp3) is 0.217. The minimum Gasteiger partial charge on any atom is -0.457 e. The maximum atomic E-state index is 12.9. The molecule has 0 saturated carbocycles. The number of hydrogen-bond donors (Lipinski definition) is 0. The van der Waals surface area contributed by atoms with Crippen LogP contribution in [0, 0.1) is 10.1 Å². The summed E-state index contributed by atoms with van der Waals surface area (Å²) in [7, 11) is -3.79. The molecule has 1 aliphatic rings. The van der Waals surface area contributed by atoms with Crippen LogP contribution >= 0.6 is 0 Å². The molecule has 8 nitrogen and oxygen atoms in total. The van der Waals surface area contributed by atoms with Gasteiger partial charge in [-0.3, -0.25) is 10.1 Å². The van der Waals surface area contributed by atoms with Crippen LogP contribution in [0.2, 0.25) is 0 Å². The van der Waals surface area contributed by atoms with E-state index < -0.39 is 20.6 Å². The van der Waals surface area contributed by atoms with Gasteiger partial charge in [-0.1, -0.05) is 24.6 Å². The van der Waals surface area contributed by atoms with E-state index in [9.17, 15) is 18.5 Å². The van der Waals surface area contributed by atoms with E-state index >= 15 is 0 Å². The normalized spacial score (nSPS) is 14.6. The fourth-order valence-electron chi connectivity index (χ4n) is 3.47. The summed E-state index contributed by atoms with van der Waals surface area (Å²) in [6.45, 7) is 0.845. The Balaban J connectivity index is 1.54. The molecule has 1 saturated heterocycles. The highest BCUT2D eigenvalue weighted by Crippen LogP contribution is 2.35. The average Bonchev–Trinajstić information content (AvgIpc) is 2.81. The van der Waals surface area contributed by atoms with Gasteiger partial charge in [0.05, 0.1) is 9.82 Å². The van der Waals surface area contributed by atoms with Gasteiger partial charge < -0.3 is 9.47 Å². The monoisotopic (exact) mass is 454 g/mol. The molecule has 0 amide bonds.